The lowest BCUT2D eigenvalue weighted by Crippen LogP contribution is -2.18. The normalized spacial score (nSPS) is 12.2. The van der Waals surface area contributed by atoms with E-state index in [0.29, 0.717) is 6.42 Å². The molecule has 2 heterocycles. The SMILES string of the molecule is CCOC(=O)C(C#N)Cc1cn2ccsc2n1. The van der Waals surface area contributed by atoms with Crippen LogP contribution in [-0.2, 0) is 16.0 Å². The highest BCUT2D eigenvalue weighted by atomic mass is 32.1. The number of hydrogen-bond acceptors (Lipinski definition) is 5. The highest BCUT2D eigenvalue weighted by molar-refractivity contribution is 7.15. The van der Waals surface area contributed by atoms with E-state index in [1.807, 2.05) is 28.2 Å². The lowest BCUT2D eigenvalue weighted by Gasteiger charge is -2.05. The van der Waals surface area contributed by atoms with Crippen LogP contribution in [-0.4, -0.2) is 22.0 Å². The summed E-state index contributed by atoms with van der Waals surface area (Å²) in [4.78, 5) is 16.6. The van der Waals surface area contributed by atoms with Crippen LogP contribution in [0.15, 0.2) is 17.8 Å². The summed E-state index contributed by atoms with van der Waals surface area (Å²) in [5.41, 5.74) is 0.733. The van der Waals surface area contributed by atoms with Gasteiger partial charge in [0.05, 0.1) is 18.4 Å². The summed E-state index contributed by atoms with van der Waals surface area (Å²) in [6.07, 6.45) is 4.02. The van der Waals surface area contributed by atoms with Gasteiger partial charge in [-0.15, -0.1) is 11.3 Å². The van der Waals surface area contributed by atoms with Gasteiger partial charge < -0.3 is 4.74 Å². The Morgan fingerprint density at radius 3 is 3.24 bits per heavy atom. The lowest BCUT2D eigenvalue weighted by molar-refractivity contribution is -0.145. The third-order valence-corrected chi connectivity index (χ3v) is 3.05. The van der Waals surface area contributed by atoms with Gasteiger partial charge in [-0.3, -0.25) is 9.20 Å². The molecule has 1 unspecified atom stereocenters. The maximum absolute atomic E-state index is 11.5. The molecule has 0 aliphatic heterocycles. The zero-order valence-corrected chi connectivity index (χ0v) is 10.1. The molecule has 0 radical (unpaired) electrons. The molecule has 0 aliphatic rings. The molecular weight excluding hydrogens is 238 g/mol. The summed E-state index contributed by atoms with van der Waals surface area (Å²) < 4.78 is 6.70. The zero-order chi connectivity index (χ0) is 12.3. The average Bonchev–Trinajstić information content (AvgIpc) is 2.86. The van der Waals surface area contributed by atoms with Crippen LogP contribution in [0.2, 0.25) is 0 Å². The number of thiazole rings is 1. The topological polar surface area (TPSA) is 67.4 Å². The number of ether oxygens (including phenoxy) is 1. The smallest absolute Gasteiger partial charge is 0.323 e. The molecule has 0 aliphatic carbocycles. The first kappa shape index (κ1) is 11.6. The largest absolute Gasteiger partial charge is 0.465 e. The van der Waals surface area contributed by atoms with Crippen LogP contribution < -0.4 is 0 Å². The second kappa shape index (κ2) is 4.97. The van der Waals surface area contributed by atoms with Crippen LogP contribution in [0, 0.1) is 17.2 Å². The Morgan fingerprint density at radius 1 is 1.76 bits per heavy atom. The first-order valence-electron chi connectivity index (χ1n) is 5.22. The number of esters is 1. The average molecular weight is 249 g/mol. The van der Waals surface area contributed by atoms with Gasteiger partial charge in [0.25, 0.3) is 0 Å². The van der Waals surface area contributed by atoms with Gasteiger partial charge in [0.2, 0.25) is 0 Å². The van der Waals surface area contributed by atoms with E-state index in [2.05, 4.69) is 4.98 Å². The fraction of sp³-hybridized carbons (Fsp3) is 0.364. The van der Waals surface area contributed by atoms with Gasteiger partial charge in [-0.05, 0) is 6.92 Å². The van der Waals surface area contributed by atoms with Crippen molar-refractivity contribution in [1.82, 2.24) is 9.38 Å². The zero-order valence-electron chi connectivity index (χ0n) is 9.29. The van der Waals surface area contributed by atoms with E-state index in [1.165, 1.54) is 11.3 Å². The van der Waals surface area contributed by atoms with E-state index >= 15 is 0 Å². The summed E-state index contributed by atoms with van der Waals surface area (Å²) in [5, 5.41) is 10.9. The third-order valence-electron chi connectivity index (χ3n) is 2.28. The molecule has 2 aromatic rings. The Morgan fingerprint density at radius 2 is 2.59 bits per heavy atom. The first-order chi connectivity index (χ1) is 8.24. The molecule has 88 valence electrons. The summed E-state index contributed by atoms with van der Waals surface area (Å²) in [7, 11) is 0. The Kier molecular flexibility index (Phi) is 3.40. The molecule has 0 saturated heterocycles. The molecule has 5 nitrogen and oxygen atoms in total. The van der Waals surface area contributed by atoms with Crippen LogP contribution in [0.5, 0.6) is 0 Å². The number of aromatic nitrogens is 2. The molecule has 17 heavy (non-hydrogen) atoms. The van der Waals surface area contributed by atoms with Crippen LogP contribution >= 0.6 is 11.3 Å². The summed E-state index contributed by atoms with van der Waals surface area (Å²) in [6.45, 7) is 2.01. The van der Waals surface area contributed by atoms with Gasteiger partial charge in [0.1, 0.15) is 5.92 Å². The standard InChI is InChI=1S/C11H11N3O2S/c1-2-16-10(15)8(6-12)5-9-7-14-3-4-17-11(14)13-9/h3-4,7-8H,2,5H2,1H3. The van der Waals surface area contributed by atoms with Crippen molar-refractivity contribution in [1.29, 1.82) is 5.26 Å². The third kappa shape index (κ3) is 2.45. The number of carbonyl (C=O) groups excluding carboxylic acids is 1. The van der Waals surface area contributed by atoms with E-state index in [1.54, 1.807) is 6.92 Å². The molecule has 0 saturated carbocycles. The molecule has 0 bridgehead atoms. The van der Waals surface area contributed by atoms with Crippen LogP contribution in [0.4, 0.5) is 0 Å². The van der Waals surface area contributed by atoms with Gasteiger partial charge in [-0.1, -0.05) is 0 Å². The first-order valence-corrected chi connectivity index (χ1v) is 6.10. The Balaban J connectivity index is 2.11. The highest BCUT2D eigenvalue weighted by Gasteiger charge is 2.21. The van der Waals surface area contributed by atoms with Crippen molar-refractivity contribution in [3.05, 3.63) is 23.5 Å². The minimum absolute atomic E-state index is 0.287. The molecular formula is C11H11N3O2S. The van der Waals surface area contributed by atoms with Gasteiger partial charge in [-0.25, -0.2) is 4.98 Å². The van der Waals surface area contributed by atoms with E-state index in [4.69, 9.17) is 10.00 Å². The Bertz CT molecular complexity index is 538. The van der Waals surface area contributed by atoms with Crippen molar-refractivity contribution in [2.24, 2.45) is 5.92 Å². The fourth-order valence-corrected chi connectivity index (χ4v) is 2.23. The van der Waals surface area contributed by atoms with Crippen LogP contribution in [0.25, 0.3) is 4.96 Å². The molecule has 2 rings (SSSR count). The second-order valence-electron chi connectivity index (χ2n) is 3.46. The molecule has 1 atom stereocenters. The predicted molar refractivity (Wildman–Crippen MR) is 62.5 cm³/mol. The van der Waals surface area contributed by atoms with E-state index in [-0.39, 0.29) is 6.61 Å². The van der Waals surface area contributed by atoms with Crippen molar-refractivity contribution in [2.45, 2.75) is 13.3 Å². The minimum atomic E-state index is -0.778. The number of rotatable bonds is 4. The van der Waals surface area contributed by atoms with Crippen molar-refractivity contribution in [2.75, 3.05) is 6.61 Å². The molecule has 0 N–H and O–H groups in total. The highest BCUT2D eigenvalue weighted by Crippen LogP contribution is 2.14. The van der Waals surface area contributed by atoms with Gasteiger partial charge in [0.15, 0.2) is 4.96 Å². The van der Waals surface area contributed by atoms with Gasteiger partial charge >= 0.3 is 5.97 Å². The van der Waals surface area contributed by atoms with E-state index in [9.17, 15) is 4.79 Å². The monoisotopic (exact) mass is 249 g/mol. The number of fused-ring (bicyclic) bond motifs is 1. The summed E-state index contributed by atoms with van der Waals surface area (Å²) >= 11 is 1.51. The number of imidazole rings is 1. The molecule has 6 heteroatoms. The lowest BCUT2D eigenvalue weighted by atomic mass is 10.1. The van der Waals surface area contributed by atoms with Gasteiger partial charge in [0, 0.05) is 24.2 Å². The fourth-order valence-electron chi connectivity index (χ4n) is 1.51. The maximum Gasteiger partial charge on any atom is 0.323 e. The quantitative estimate of drug-likeness (QED) is 0.772. The second-order valence-corrected chi connectivity index (χ2v) is 4.34. The number of carbonyl (C=O) groups is 1. The molecule has 2 aromatic heterocycles. The predicted octanol–water partition coefficient (Wildman–Crippen LogP) is 1.64. The molecule has 0 aromatic carbocycles. The maximum atomic E-state index is 11.5. The number of hydrogen-bond donors (Lipinski definition) is 0. The Hall–Kier alpha value is -1.87. The minimum Gasteiger partial charge on any atom is -0.465 e. The molecule has 0 fully saturated rings. The number of nitrogens with zero attached hydrogens (tertiary/aromatic N) is 3. The Labute approximate surface area is 102 Å². The van der Waals surface area contributed by atoms with Gasteiger partial charge in [-0.2, -0.15) is 5.26 Å². The van der Waals surface area contributed by atoms with Crippen molar-refractivity contribution in [3.63, 3.8) is 0 Å². The molecule has 0 spiro atoms. The number of nitriles is 1. The van der Waals surface area contributed by atoms with E-state index < -0.39 is 11.9 Å². The summed E-state index contributed by atoms with van der Waals surface area (Å²) in [6, 6.07) is 1.95. The summed E-state index contributed by atoms with van der Waals surface area (Å²) in [5.74, 6) is -1.26. The van der Waals surface area contributed by atoms with Crippen molar-refractivity contribution in [3.8, 4) is 6.07 Å². The van der Waals surface area contributed by atoms with E-state index in [0.717, 1.165) is 10.7 Å². The molecule has 0 amide bonds. The van der Waals surface area contributed by atoms with Crippen molar-refractivity contribution < 1.29 is 9.53 Å². The van der Waals surface area contributed by atoms with Crippen LogP contribution in [0.3, 0.4) is 0 Å². The van der Waals surface area contributed by atoms with Crippen molar-refractivity contribution >= 4 is 22.3 Å². The van der Waals surface area contributed by atoms with Crippen LogP contribution in [0.1, 0.15) is 12.6 Å².